The molecule has 16 nitrogen and oxygen atoms in total. The molecule has 0 aliphatic carbocycles. The number of benzene rings is 3. The third kappa shape index (κ3) is 21.6. The van der Waals surface area contributed by atoms with E-state index >= 15 is 0 Å². The Bertz CT molecular complexity index is 6610. The predicted octanol–water partition coefficient (Wildman–Crippen LogP) is 28.1. The van der Waals surface area contributed by atoms with Gasteiger partial charge < -0.3 is 37.6 Å². The number of carbonyl (C=O) groups is 4. The van der Waals surface area contributed by atoms with Gasteiger partial charge in [-0.05, 0) is 170 Å². The van der Waals surface area contributed by atoms with Crippen LogP contribution in [0.1, 0.15) is 90.1 Å². The zero-order valence-corrected chi connectivity index (χ0v) is 79.3. The molecule has 11 aromatic heterocycles. The molecule has 18 heterocycles. The fourth-order valence-corrected chi connectivity index (χ4v) is 21.9. The fourth-order valence-electron chi connectivity index (χ4n) is 14.3. The number of ether oxygens (including phenoxy) is 7. The van der Waals surface area contributed by atoms with E-state index in [1.54, 1.807) is 71.5 Å². The first kappa shape index (κ1) is 91.8. The highest BCUT2D eigenvalue weighted by Crippen LogP contribution is 2.47. The van der Waals surface area contributed by atoms with Crippen LogP contribution in [-0.4, -0.2) is 89.9 Å². The number of rotatable bonds is 14. The molecule has 0 spiro atoms. The van der Waals surface area contributed by atoms with Crippen molar-refractivity contribution in [1.82, 2.24) is 19.7 Å². The molecule has 7 aliphatic heterocycles. The second-order valence-corrected chi connectivity index (χ2v) is 40.5. The lowest BCUT2D eigenvalue weighted by Gasteiger charge is -2.05. The van der Waals surface area contributed by atoms with Crippen LogP contribution in [0.4, 0.5) is 0 Å². The number of esters is 4. The smallest absolute Gasteiger partial charge is 0.341 e. The summed E-state index contributed by atoms with van der Waals surface area (Å²) in [6.45, 7) is 20.7. The summed E-state index contributed by atoms with van der Waals surface area (Å²) in [5, 5.41) is 4.08. The van der Waals surface area contributed by atoms with Crippen molar-refractivity contribution < 1.29 is 56.8 Å². The highest BCUT2D eigenvalue weighted by atomic mass is 35.5. The third-order valence-corrected chi connectivity index (χ3v) is 29.3. The first-order valence-corrected chi connectivity index (χ1v) is 47.4. The lowest BCUT2D eigenvalue weighted by molar-refractivity contribution is -0.134. The van der Waals surface area contributed by atoms with Gasteiger partial charge in [-0.2, -0.15) is 5.10 Å². The van der Waals surface area contributed by atoms with Crippen LogP contribution in [0.15, 0.2) is 279 Å². The van der Waals surface area contributed by atoms with Crippen LogP contribution in [0.5, 0.6) is 0 Å². The summed E-state index contributed by atoms with van der Waals surface area (Å²) >= 11 is 52.2. The molecule has 21 rings (SSSR count). The summed E-state index contributed by atoms with van der Waals surface area (Å²) in [4.78, 5) is 63.3. The zero-order valence-electron chi connectivity index (χ0n) is 68.3. The number of aromatic nitrogens is 4. The van der Waals surface area contributed by atoms with Gasteiger partial charge in [-0.15, -0.1) is 79.4 Å². The van der Waals surface area contributed by atoms with Gasteiger partial charge in [-0.1, -0.05) is 191 Å². The molecule has 0 atom stereocenters. The van der Waals surface area contributed by atoms with Crippen molar-refractivity contribution >= 4 is 262 Å². The summed E-state index contributed by atoms with van der Waals surface area (Å²) in [5.74, 6) is 1.76. The molecule has 0 radical (unpaired) electrons. The Balaban J connectivity index is 0.000000115. The number of furan rings is 1. The molecular weight excluding hydrogens is 1900 g/mol. The van der Waals surface area contributed by atoms with Gasteiger partial charge in [0, 0.05) is 128 Å². The number of pyridine rings is 2. The van der Waals surface area contributed by atoms with E-state index in [0.29, 0.717) is 96.6 Å². The molecular formula is C98H71Cl7N4O12S7. The van der Waals surface area contributed by atoms with E-state index in [2.05, 4.69) is 34.8 Å². The minimum absolute atomic E-state index is 0.256. The Morgan fingerprint density at radius 1 is 0.320 bits per heavy atom. The number of aryl methyl sites for hydroxylation is 4. The zero-order chi connectivity index (χ0) is 89.8. The van der Waals surface area contributed by atoms with Crippen molar-refractivity contribution in [2.24, 2.45) is 7.05 Å². The van der Waals surface area contributed by atoms with Crippen LogP contribution >= 0.6 is 161 Å². The van der Waals surface area contributed by atoms with Crippen LogP contribution in [0.25, 0.3) is 78.0 Å². The molecule has 7 aliphatic rings. The Morgan fingerprint density at radius 3 is 1.05 bits per heavy atom. The number of allylic oxidation sites excluding steroid dienone is 3. The number of cyclic esters (lactones) is 4. The molecule has 0 unspecified atom stereocenters. The molecule has 3 aromatic carbocycles. The van der Waals surface area contributed by atoms with Crippen molar-refractivity contribution in [3.63, 3.8) is 0 Å². The van der Waals surface area contributed by atoms with Crippen LogP contribution in [0.3, 0.4) is 0 Å². The van der Waals surface area contributed by atoms with Crippen LogP contribution < -0.4 is 0 Å². The molecule has 0 bridgehead atoms. The van der Waals surface area contributed by atoms with Gasteiger partial charge >= 0.3 is 23.9 Å². The highest BCUT2D eigenvalue weighted by molar-refractivity contribution is 7.19. The normalized spacial score (nSPS) is 15.1. The second kappa shape index (κ2) is 42.1. The molecule has 0 N–H and O–H groups in total. The van der Waals surface area contributed by atoms with Crippen LogP contribution in [0.2, 0.25) is 30.4 Å². The molecule has 0 fully saturated rings. The standard InChI is InChI=1S/3C15H11ClO2S.2C14H10ClNOS.C13H9ClO2S.C12H9ClN2O2S/c2*1-9-3-2-4-10(7-9)14-11(8-18-15(14)17)12-5-6-13(16)19-12;1-9-4-2-3-5-10(9)14-11(8-18-15(14)17)12-6-7-13(16)19-12;1-9-14(10-4-6-16-7-5-10)11(8-17-9)12-2-3-13(15)18-12;1-9-14(10-3-2-6-16-7-10)11(8-17-9)12-4-5-13(15)18-12;1-8-13(10-3-2-6-15-10)9(7-16-8)11-4-5-12(14)17-11;1-15-8(4-5-14-15)11-7(6-17-12(11)16)9-2-3-10(13)18-9/h3*2-7H,8H2,1H3;2*2-7H,1,8H2;2-6H,1,7H2;2-5H,6H2,1H3. The Kier molecular flexibility index (Phi) is 30.2. The van der Waals surface area contributed by atoms with Gasteiger partial charge in [0.25, 0.3) is 0 Å². The number of halogens is 7. The maximum Gasteiger partial charge on any atom is 0.341 e. The average Bonchev–Trinajstić information content (AvgIpc) is 1.67. The summed E-state index contributed by atoms with van der Waals surface area (Å²) in [5.41, 5.74) is 21.5. The van der Waals surface area contributed by atoms with Gasteiger partial charge in [-0.25, -0.2) is 19.2 Å². The van der Waals surface area contributed by atoms with E-state index in [4.69, 9.17) is 119 Å². The minimum atomic E-state index is -0.307. The van der Waals surface area contributed by atoms with Gasteiger partial charge in [-0.3, -0.25) is 14.6 Å². The average molecular weight is 1970 g/mol. The topological polar surface area (TPSA) is 190 Å². The lowest BCUT2D eigenvalue weighted by Crippen LogP contribution is -2.04. The molecule has 128 heavy (non-hydrogen) atoms. The first-order chi connectivity index (χ1) is 61.9. The van der Waals surface area contributed by atoms with E-state index in [9.17, 15) is 19.2 Å². The summed E-state index contributed by atoms with van der Waals surface area (Å²) in [6.07, 6.45) is 10.4. The fraction of sp³-hybridized carbons (Fsp3) is 0.112. The number of carbonyl (C=O) groups excluding carboxylic acids is 4. The monoisotopic (exact) mass is 1960 g/mol. The number of hydrogen-bond acceptors (Lipinski definition) is 22. The van der Waals surface area contributed by atoms with Crippen molar-refractivity contribution in [2.45, 2.75) is 20.8 Å². The quantitative estimate of drug-likeness (QED) is 0.0738. The third-order valence-electron chi connectivity index (χ3n) is 20.2. The molecule has 646 valence electrons. The Labute approximate surface area is 800 Å². The Morgan fingerprint density at radius 2 is 0.680 bits per heavy atom. The summed E-state index contributed by atoms with van der Waals surface area (Å²) in [6, 6.07) is 63.8. The van der Waals surface area contributed by atoms with Crippen molar-refractivity contribution in [3.05, 3.63) is 395 Å². The highest BCUT2D eigenvalue weighted by Gasteiger charge is 2.35. The predicted molar refractivity (Wildman–Crippen MR) is 526 cm³/mol. The Hall–Kier alpha value is -10.9. The molecule has 0 saturated carbocycles. The van der Waals surface area contributed by atoms with E-state index in [1.807, 2.05) is 221 Å². The van der Waals surface area contributed by atoms with Crippen molar-refractivity contribution in [2.75, 3.05) is 46.2 Å². The molecule has 30 heteroatoms. The largest absolute Gasteiger partial charge is 0.489 e. The van der Waals surface area contributed by atoms with Crippen molar-refractivity contribution in [3.8, 4) is 0 Å². The van der Waals surface area contributed by atoms with Gasteiger partial charge in [0.2, 0.25) is 0 Å². The van der Waals surface area contributed by atoms with E-state index < -0.39 is 0 Å². The summed E-state index contributed by atoms with van der Waals surface area (Å²) < 4.78 is 49.6. The van der Waals surface area contributed by atoms with E-state index in [1.165, 1.54) is 56.7 Å². The van der Waals surface area contributed by atoms with Crippen molar-refractivity contribution in [1.29, 1.82) is 0 Å². The number of hydrogen-bond donors (Lipinski definition) is 0. The molecule has 0 amide bonds. The van der Waals surface area contributed by atoms with E-state index in [0.717, 1.165) is 159 Å². The SMILES string of the molecule is C=C1OCC(c2ccc(Cl)s2)=C1c1cccnc1.C=C1OCC(c2ccc(Cl)s2)=C1c1ccco1.C=C1OCC(c2ccc(Cl)s2)=C1c1ccncc1.Cc1cccc(C2=C(c3ccc(Cl)s3)COC2=O)c1.Cc1cccc(C2=C(c3ccc(Cl)s3)COC2=O)c1.Cc1ccccc1C1=C(c2ccc(Cl)s2)COC1=O.Cn1nccc1C1=C(c2ccc(Cl)s2)COC1=O. The maximum absolute atomic E-state index is 12.0. The van der Waals surface area contributed by atoms with Crippen LogP contribution in [-0.2, 0) is 59.4 Å². The minimum Gasteiger partial charge on any atom is -0.489 e. The van der Waals surface area contributed by atoms with Gasteiger partial charge in [0.05, 0.1) is 70.2 Å². The first-order valence-electron chi connectivity index (χ1n) is 39.0. The van der Waals surface area contributed by atoms with E-state index in [-0.39, 0.29) is 30.5 Å². The number of thiophene rings is 7. The maximum atomic E-state index is 12.0. The van der Waals surface area contributed by atoms with Gasteiger partial charge in [0.1, 0.15) is 69.3 Å². The van der Waals surface area contributed by atoms with Crippen LogP contribution in [0, 0.1) is 20.8 Å². The lowest BCUT2D eigenvalue weighted by atomic mass is 9.97. The second-order valence-electron chi connectivity index (χ2n) is 28.5. The summed E-state index contributed by atoms with van der Waals surface area (Å²) in [7, 11) is 1.80. The molecule has 0 saturated heterocycles. The van der Waals surface area contributed by atoms with Gasteiger partial charge in [0.15, 0.2) is 0 Å². The number of nitrogens with zero attached hydrogens (tertiary/aromatic N) is 4. The molecule has 14 aromatic rings.